The number of carbonyl (C=O) groups excluding carboxylic acids is 1. The first kappa shape index (κ1) is 17.3. The first-order chi connectivity index (χ1) is 13.0. The van der Waals surface area contributed by atoms with E-state index in [1.165, 1.54) is 10.9 Å². The van der Waals surface area contributed by atoms with Gasteiger partial charge in [-0.2, -0.15) is 0 Å². The highest BCUT2D eigenvalue weighted by atomic mass is 16.5. The van der Waals surface area contributed by atoms with Gasteiger partial charge in [0.05, 0.1) is 24.1 Å². The van der Waals surface area contributed by atoms with Gasteiger partial charge in [-0.15, -0.1) is 0 Å². The Labute approximate surface area is 160 Å². The number of methoxy groups -OCH3 is 1. The Hall–Kier alpha value is -1.85. The molecule has 1 aromatic heterocycles. The van der Waals surface area contributed by atoms with E-state index in [2.05, 4.69) is 47.0 Å². The minimum Gasteiger partial charge on any atom is -0.497 e. The number of ketones is 1. The highest BCUT2D eigenvalue weighted by molar-refractivity contribution is 5.93. The summed E-state index contributed by atoms with van der Waals surface area (Å²) in [7, 11) is 1.72. The van der Waals surface area contributed by atoms with Crippen molar-refractivity contribution in [1.29, 1.82) is 0 Å². The summed E-state index contributed by atoms with van der Waals surface area (Å²) in [6.07, 6.45) is 5.72. The molecule has 0 amide bonds. The summed E-state index contributed by atoms with van der Waals surface area (Å²) < 4.78 is 5.46. The van der Waals surface area contributed by atoms with Crippen molar-refractivity contribution in [2.24, 2.45) is 10.8 Å². The van der Waals surface area contributed by atoms with Gasteiger partial charge in [0.25, 0.3) is 0 Å². The number of aromatic nitrogens is 1. The SMILES string of the molecule is CCCCC12CN3CC(C)(CN(C1)C3c1c[nH]c3ccc(OC)cc13)C2=O. The summed E-state index contributed by atoms with van der Waals surface area (Å²) in [5.74, 6) is 1.41. The van der Waals surface area contributed by atoms with Crippen molar-refractivity contribution in [3.63, 3.8) is 0 Å². The van der Waals surface area contributed by atoms with Crippen LogP contribution in [-0.2, 0) is 4.79 Å². The van der Waals surface area contributed by atoms with Crippen molar-refractivity contribution < 1.29 is 9.53 Å². The van der Waals surface area contributed by atoms with Gasteiger partial charge in [-0.05, 0) is 24.6 Å². The van der Waals surface area contributed by atoms with Crippen LogP contribution in [0, 0.1) is 10.8 Å². The fourth-order valence-electron chi connectivity index (χ4n) is 6.03. The fraction of sp³-hybridized carbons (Fsp3) is 0.591. The number of nitrogens with one attached hydrogen (secondary N) is 1. The lowest BCUT2D eigenvalue weighted by atomic mass is 9.59. The molecule has 2 atom stereocenters. The number of rotatable bonds is 5. The Bertz CT molecular complexity index is 886. The largest absolute Gasteiger partial charge is 0.497 e. The van der Waals surface area contributed by atoms with Gasteiger partial charge in [0, 0.05) is 48.8 Å². The van der Waals surface area contributed by atoms with E-state index in [0.29, 0.717) is 5.78 Å². The third-order valence-electron chi connectivity index (χ3n) is 7.05. The maximum atomic E-state index is 13.3. The predicted octanol–water partition coefficient (Wildman–Crippen LogP) is 3.57. The van der Waals surface area contributed by atoms with Crippen molar-refractivity contribution in [1.82, 2.24) is 14.8 Å². The summed E-state index contributed by atoms with van der Waals surface area (Å²) in [5.41, 5.74) is 2.07. The fourth-order valence-corrected chi connectivity index (χ4v) is 6.03. The summed E-state index contributed by atoms with van der Waals surface area (Å²) in [6.45, 7) is 7.95. The van der Waals surface area contributed by atoms with E-state index >= 15 is 0 Å². The Morgan fingerprint density at radius 3 is 2.63 bits per heavy atom. The number of fused-ring (bicyclic) bond motifs is 1. The van der Waals surface area contributed by atoms with Crippen LogP contribution in [0.4, 0.5) is 0 Å². The zero-order valence-electron chi connectivity index (χ0n) is 16.5. The van der Waals surface area contributed by atoms with Crippen LogP contribution in [0.5, 0.6) is 5.75 Å². The maximum Gasteiger partial charge on any atom is 0.150 e. The van der Waals surface area contributed by atoms with Crippen molar-refractivity contribution in [3.05, 3.63) is 30.0 Å². The number of H-pyrrole nitrogens is 1. The summed E-state index contributed by atoms with van der Waals surface area (Å²) >= 11 is 0. The molecular formula is C22H29N3O2. The smallest absolute Gasteiger partial charge is 0.150 e. The Morgan fingerprint density at radius 2 is 1.96 bits per heavy atom. The minimum atomic E-state index is -0.218. The molecule has 2 unspecified atom stereocenters. The van der Waals surface area contributed by atoms with Crippen LogP contribution >= 0.6 is 0 Å². The number of nitrogens with zero attached hydrogens (tertiary/aromatic N) is 2. The van der Waals surface area contributed by atoms with Crippen LogP contribution < -0.4 is 4.74 Å². The van der Waals surface area contributed by atoms with E-state index in [9.17, 15) is 4.79 Å². The number of ether oxygens (including phenoxy) is 1. The molecule has 2 aromatic rings. The van der Waals surface area contributed by atoms with Crippen molar-refractivity contribution in [2.45, 2.75) is 39.3 Å². The van der Waals surface area contributed by atoms with E-state index in [-0.39, 0.29) is 17.0 Å². The quantitative estimate of drug-likeness (QED) is 0.878. The van der Waals surface area contributed by atoms with Crippen molar-refractivity contribution in [3.8, 4) is 5.75 Å². The average Bonchev–Trinajstić information content (AvgIpc) is 3.06. The second-order valence-electron chi connectivity index (χ2n) is 9.11. The summed E-state index contributed by atoms with van der Waals surface area (Å²) in [4.78, 5) is 21.9. The number of aromatic amines is 1. The lowest BCUT2D eigenvalue weighted by Gasteiger charge is -2.65. The first-order valence-corrected chi connectivity index (χ1v) is 10.2. The Balaban J connectivity index is 1.55. The first-order valence-electron chi connectivity index (χ1n) is 10.2. The Kier molecular flexibility index (Phi) is 3.72. The van der Waals surface area contributed by atoms with Crippen LogP contribution in [0.3, 0.4) is 0 Å². The molecule has 0 spiro atoms. The molecule has 4 bridgehead atoms. The molecular weight excluding hydrogens is 338 g/mol. The van der Waals surface area contributed by atoms with E-state index in [1.54, 1.807) is 7.11 Å². The number of unbranched alkanes of at least 4 members (excludes halogenated alkanes) is 1. The van der Waals surface area contributed by atoms with E-state index < -0.39 is 0 Å². The van der Waals surface area contributed by atoms with E-state index in [1.807, 2.05) is 6.07 Å². The molecule has 0 saturated carbocycles. The van der Waals surface area contributed by atoms with Crippen LogP contribution in [-0.4, -0.2) is 53.9 Å². The third kappa shape index (κ3) is 2.34. The van der Waals surface area contributed by atoms with Gasteiger partial charge >= 0.3 is 0 Å². The number of Topliss-reactive ketones (excluding diaryl/α,β-unsaturated/α-hetero) is 1. The van der Waals surface area contributed by atoms with Crippen molar-refractivity contribution in [2.75, 3.05) is 33.3 Å². The van der Waals surface area contributed by atoms with Gasteiger partial charge in [-0.25, -0.2) is 0 Å². The van der Waals surface area contributed by atoms with Gasteiger partial charge in [0.2, 0.25) is 0 Å². The van der Waals surface area contributed by atoms with Gasteiger partial charge in [-0.3, -0.25) is 14.6 Å². The molecule has 4 fully saturated rings. The van der Waals surface area contributed by atoms with Crippen LogP contribution in [0.15, 0.2) is 24.4 Å². The zero-order chi connectivity index (χ0) is 18.8. The van der Waals surface area contributed by atoms with Crippen LogP contribution in [0.1, 0.15) is 44.8 Å². The molecule has 1 N–H and O–H groups in total. The van der Waals surface area contributed by atoms with Gasteiger partial charge in [0.1, 0.15) is 11.5 Å². The molecule has 1 aromatic carbocycles. The monoisotopic (exact) mass is 367 g/mol. The molecule has 5 heterocycles. The standard InChI is InChI=1S/C22H29N3O2/c1-4-5-8-22-13-24-11-21(2,20(22)26)12-25(14-22)19(24)17-10-23-18-7-6-15(27-3)9-16(17)18/h6-7,9-10,19,23H,4-5,8,11-14H2,1-3H3. The average molecular weight is 367 g/mol. The molecule has 0 radical (unpaired) electrons. The summed E-state index contributed by atoms with van der Waals surface area (Å²) in [5, 5.41) is 1.23. The molecule has 4 aliphatic rings. The van der Waals surface area contributed by atoms with Crippen LogP contribution in [0.2, 0.25) is 0 Å². The Morgan fingerprint density at radius 1 is 1.22 bits per heavy atom. The molecule has 0 aliphatic carbocycles. The molecule has 6 rings (SSSR count). The normalized spacial score (nSPS) is 37.3. The van der Waals surface area contributed by atoms with Gasteiger partial charge < -0.3 is 9.72 Å². The number of hydrogen-bond acceptors (Lipinski definition) is 4. The molecule has 4 saturated heterocycles. The van der Waals surface area contributed by atoms with Gasteiger partial charge in [0.15, 0.2) is 0 Å². The third-order valence-corrected chi connectivity index (χ3v) is 7.05. The van der Waals surface area contributed by atoms with E-state index in [0.717, 1.165) is 56.7 Å². The van der Waals surface area contributed by atoms with E-state index in [4.69, 9.17) is 4.74 Å². The van der Waals surface area contributed by atoms with Gasteiger partial charge in [-0.1, -0.05) is 26.7 Å². The number of hydrogen-bond donors (Lipinski definition) is 1. The number of carbonyl (C=O) groups is 1. The highest BCUT2D eigenvalue weighted by Crippen LogP contribution is 2.54. The number of piperidine rings is 2. The van der Waals surface area contributed by atoms with Crippen molar-refractivity contribution >= 4 is 16.7 Å². The maximum absolute atomic E-state index is 13.3. The molecule has 5 nitrogen and oxygen atoms in total. The predicted molar refractivity (Wildman–Crippen MR) is 106 cm³/mol. The topological polar surface area (TPSA) is 48.6 Å². The number of benzene rings is 1. The molecule has 144 valence electrons. The zero-order valence-corrected chi connectivity index (χ0v) is 16.5. The second-order valence-corrected chi connectivity index (χ2v) is 9.11. The lowest BCUT2D eigenvalue weighted by Crippen LogP contribution is -2.76. The lowest BCUT2D eigenvalue weighted by molar-refractivity contribution is -0.201. The second kappa shape index (κ2) is 5.82. The highest BCUT2D eigenvalue weighted by Gasteiger charge is 2.63. The molecule has 27 heavy (non-hydrogen) atoms. The summed E-state index contributed by atoms with van der Waals surface area (Å²) in [6, 6.07) is 6.22. The minimum absolute atomic E-state index is 0.165. The molecule has 5 heteroatoms. The molecule has 4 aliphatic heterocycles. The van der Waals surface area contributed by atoms with Crippen LogP contribution in [0.25, 0.3) is 10.9 Å².